The van der Waals surface area contributed by atoms with Crippen molar-refractivity contribution in [2.45, 2.75) is 57.4 Å². The van der Waals surface area contributed by atoms with E-state index in [4.69, 9.17) is 9.84 Å². The molecular formula is C28H34N2O5. The molecule has 2 aliphatic rings. The van der Waals surface area contributed by atoms with Crippen molar-refractivity contribution in [3.63, 3.8) is 0 Å². The molecule has 2 aromatic rings. The summed E-state index contributed by atoms with van der Waals surface area (Å²) in [5.41, 5.74) is 4.67. The summed E-state index contributed by atoms with van der Waals surface area (Å²) in [7, 11) is 0. The molecule has 7 heteroatoms. The summed E-state index contributed by atoms with van der Waals surface area (Å²) in [6.45, 7) is 2.72. The maximum absolute atomic E-state index is 12.6. The van der Waals surface area contributed by atoms with E-state index in [0.29, 0.717) is 18.9 Å². The molecule has 0 saturated heterocycles. The first kappa shape index (κ1) is 24.8. The quantitative estimate of drug-likeness (QED) is 0.459. The van der Waals surface area contributed by atoms with Crippen molar-refractivity contribution in [3.8, 4) is 11.1 Å². The highest BCUT2D eigenvalue weighted by Crippen LogP contribution is 2.44. The maximum Gasteiger partial charge on any atom is 0.407 e. The van der Waals surface area contributed by atoms with E-state index >= 15 is 0 Å². The number of carbonyl (C=O) groups excluding carboxylic acids is 2. The van der Waals surface area contributed by atoms with Crippen LogP contribution in [0.3, 0.4) is 0 Å². The van der Waals surface area contributed by atoms with Gasteiger partial charge in [-0.15, -0.1) is 0 Å². The van der Waals surface area contributed by atoms with Crippen LogP contribution in [0.2, 0.25) is 0 Å². The van der Waals surface area contributed by atoms with Crippen molar-refractivity contribution < 1.29 is 24.2 Å². The summed E-state index contributed by atoms with van der Waals surface area (Å²) in [6.07, 6.45) is 3.15. The topological polar surface area (TPSA) is 105 Å². The Balaban J connectivity index is 1.23. The van der Waals surface area contributed by atoms with E-state index in [9.17, 15) is 14.4 Å². The average Bonchev–Trinajstić information content (AvgIpc) is 3.42. The number of rotatable bonds is 10. The molecule has 186 valence electrons. The molecule has 0 bridgehead atoms. The summed E-state index contributed by atoms with van der Waals surface area (Å²) in [5.74, 6) is -0.360. The van der Waals surface area contributed by atoms with Crippen LogP contribution in [0.4, 0.5) is 4.79 Å². The number of hydrogen-bond donors (Lipinski definition) is 3. The largest absolute Gasteiger partial charge is 0.481 e. The standard InChI is InChI=1S/C28H34N2O5/c1-2-20(15-26(31)29-16-19-12-11-18(13-19)14-27(32)33)30-28(34)35-17-25-23-9-5-3-7-21(23)22-8-4-6-10-24(22)25/h3-10,18-20,25H,2,11-17H2,1H3,(H,29,31)(H,30,34)(H,32,33)/t18?,19?,20-/m1/s1. The Kier molecular flexibility index (Phi) is 8.06. The summed E-state index contributed by atoms with van der Waals surface area (Å²) in [5, 5.41) is 14.7. The Bertz CT molecular complexity index is 1020. The van der Waals surface area contributed by atoms with Crippen LogP contribution >= 0.6 is 0 Å². The molecule has 0 heterocycles. The van der Waals surface area contributed by atoms with Crippen molar-refractivity contribution in [1.82, 2.24) is 10.6 Å². The molecule has 3 N–H and O–H groups in total. The van der Waals surface area contributed by atoms with Crippen LogP contribution in [0.15, 0.2) is 48.5 Å². The van der Waals surface area contributed by atoms with Gasteiger partial charge >= 0.3 is 12.1 Å². The first-order valence-electron chi connectivity index (χ1n) is 12.5. The Morgan fingerprint density at radius 2 is 1.63 bits per heavy atom. The van der Waals surface area contributed by atoms with Crippen molar-refractivity contribution in [2.24, 2.45) is 11.8 Å². The van der Waals surface area contributed by atoms with Crippen LogP contribution in [-0.4, -0.2) is 42.3 Å². The fourth-order valence-corrected chi connectivity index (χ4v) is 5.45. The van der Waals surface area contributed by atoms with Gasteiger partial charge in [0.1, 0.15) is 6.61 Å². The zero-order chi connectivity index (χ0) is 24.8. The summed E-state index contributed by atoms with van der Waals surface area (Å²) in [4.78, 5) is 35.9. The van der Waals surface area contributed by atoms with E-state index in [-0.39, 0.29) is 43.2 Å². The first-order valence-corrected chi connectivity index (χ1v) is 12.5. The SMILES string of the molecule is CC[C@H](CC(=O)NCC1CCC(CC(=O)O)C1)NC(=O)OCC1c2ccccc2-c2ccccc21. The van der Waals surface area contributed by atoms with Gasteiger partial charge in [0.05, 0.1) is 0 Å². The second kappa shape index (κ2) is 11.4. The molecule has 4 rings (SSSR count). The molecule has 0 radical (unpaired) electrons. The number of hydrogen-bond acceptors (Lipinski definition) is 4. The predicted octanol–water partition coefficient (Wildman–Crippen LogP) is 4.70. The zero-order valence-electron chi connectivity index (χ0n) is 20.2. The molecule has 0 spiro atoms. The Hall–Kier alpha value is -3.35. The summed E-state index contributed by atoms with van der Waals surface area (Å²) in [6, 6.07) is 16.1. The van der Waals surface area contributed by atoms with Crippen LogP contribution in [0.25, 0.3) is 11.1 Å². The molecule has 2 unspecified atom stereocenters. The number of carbonyl (C=O) groups is 3. The van der Waals surface area contributed by atoms with Gasteiger partial charge in [-0.25, -0.2) is 4.79 Å². The van der Waals surface area contributed by atoms with E-state index in [1.165, 1.54) is 11.1 Å². The maximum atomic E-state index is 12.6. The molecule has 1 fully saturated rings. The predicted molar refractivity (Wildman–Crippen MR) is 133 cm³/mol. The monoisotopic (exact) mass is 478 g/mol. The Labute approximate surface area is 206 Å². The van der Waals surface area contributed by atoms with Crippen LogP contribution in [0.5, 0.6) is 0 Å². The lowest BCUT2D eigenvalue weighted by molar-refractivity contribution is -0.138. The number of fused-ring (bicyclic) bond motifs is 3. The van der Waals surface area contributed by atoms with Gasteiger partial charge in [-0.1, -0.05) is 55.5 Å². The van der Waals surface area contributed by atoms with Gasteiger partial charge in [-0.3, -0.25) is 9.59 Å². The third-order valence-corrected chi connectivity index (χ3v) is 7.29. The third kappa shape index (κ3) is 6.21. The first-order chi connectivity index (χ1) is 16.9. The van der Waals surface area contributed by atoms with Gasteiger partial charge in [0.15, 0.2) is 0 Å². The number of amides is 2. The average molecular weight is 479 g/mol. The highest BCUT2D eigenvalue weighted by atomic mass is 16.5. The number of ether oxygens (including phenoxy) is 1. The van der Waals surface area contributed by atoms with E-state index in [1.54, 1.807) is 0 Å². The molecule has 2 aromatic carbocycles. The van der Waals surface area contributed by atoms with Gasteiger partial charge in [-0.2, -0.15) is 0 Å². The molecule has 3 atom stereocenters. The van der Waals surface area contributed by atoms with Gasteiger partial charge in [0, 0.05) is 31.3 Å². The van der Waals surface area contributed by atoms with E-state index in [2.05, 4.69) is 34.9 Å². The molecule has 35 heavy (non-hydrogen) atoms. The normalized spacial score (nSPS) is 19.5. The van der Waals surface area contributed by atoms with Gasteiger partial charge < -0.3 is 20.5 Å². The molecule has 1 saturated carbocycles. The second-order valence-corrected chi connectivity index (χ2v) is 9.73. The third-order valence-electron chi connectivity index (χ3n) is 7.29. The fourth-order valence-electron chi connectivity index (χ4n) is 5.45. The molecule has 7 nitrogen and oxygen atoms in total. The van der Waals surface area contributed by atoms with Crippen LogP contribution in [0, 0.1) is 11.8 Å². The summed E-state index contributed by atoms with van der Waals surface area (Å²) >= 11 is 0. The molecule has 0 aromatic heterocycles. The van der Waals surface area contributed by atoms with Crippen molar-refractivity contribution in [1.29, 1.82) is 0 Å². The minimum Gasteiger partial charge on any atom is -0.481 e. The fraction of sp³-hybridized carbons (Fsp3) is 0.464. The second-order valence-electron chi connectivity index (χ2n) is 9.73. The highest BCUT2D eigenvalue weighted by Gasteiger charge is 2.30. The number of nitrogens with one attached hydrogen (secondary N) is 2. The number of benzene rings is 2. The minimum absolute atomic E-state index is 0.00658. The smallest absolute Gasteiger partial charge is 0.407 e. The Morgan fingerprint density at radius 3 is 2.26 bits per heavy atom. The lowest BCUT2D eigenvalue weighted by Crippen LogP contribution is -2.40. The molecule has 2 amide bonds. The Morgan fingerprint density at radius 1 is 1.00 bits per heavy atom. The van der Waals surface area contributed by atoms with Gasteiger partial charge in [-0.05, 0) is 59.8 Å². The van der Waals surface area contributed by atoms with Crippen LogP contribution < -0.4 is 10.6 Å². The van der Waals surface area contributed by atoms with Crippen LogP contribution in [0.1, 0.15) is 62.5 Å². The summed E-state index contributed by atoms with van der Waals surface area (Å²) < 4.78 is 5.61. The number of carboxylic acid groups (broad SMARTS) is 1. The molecule has 0 aliphatic heterocycles. The van der Waals surface area contributed by atoms with Gasteiger partial charge in [0.25, 0.3) is 0 Å². The van der Waals surface area contributed by atoms with Crippen LogP contribution in [-0.2, 0) is 14.3 Å². The van der Waals surface area contributed by atoms with E-state index < -0.39 is 12.1 Å². The minimum atomic E-state index is -0.759. The number of alkyl carbamates (subject to hydrolysis) is 1. The lowest BCUT2D eigenvalue weighted by Gasteiger charge is -2.19. The number of aliphatic carboxylic acids is 1. The molecule has 2 aliphatic carbocycles. The van der Waals surface area contributed by atoms with Crippen molar-refractivity contribution in [2.75, 3.05) is 13.2 Å². The molecular weight excluding hydrogens is 444 g/mol. The van der Waals surface area contributed by atoms with Crippen molar-refractivity contribution in [3.05, 3.63) is 59.7 Å². The highest BCUT2D eigenvalue weighted by molar-refractivity contribution is 5.79. The van der Waals surface area contributed by atoms with E-state index in [1.807, 2.05) is 31.2 Å². The van der Waals surface area contributed by atoms with Gasteiger partial charge in [0.2, 0.25) is 5.91 Å². The zero-order valence-corrected chi connectivity index (χ0v) is 20.2. The van der Waals surface area contributed by atoms with Crippen molar-refractivity contribution >= 4 is 18.0 Å². The van der Waals surface area contributed by atoms with E-state index in [0.717, 1.165) is 30.4 Å². The lowest BCUT2D eigenvalue weighted by atomic mass is 9.98. The number of carboxylic acids is 1.